The maximum Gasteiger partial charge on any atom is 0.332 e. The minimum absolute atomic E-state index is 0.0786. The van der Waals surface area contributed by atoms with Gasteiger partial charge in [0.2, 0.25) is 5.95 Å². The van der Waals surface area contributed by atoms with Gasteiger partial charge in [-0.1, -0.05) is 31.0 Å². The van der Waals surface area contributed by atoms with Gasteiger partial charge >= 0.3 is 5.69 Å². The van der Waals surface area contributed by atoms with Crippen molar-refractivity contribution in [2.75, 3.05) is 24.6 Å². The summed E-state index contributed by atoms with van der Waals surface area (Å²) in [6, 6.07) is 9.29. The molecule has 0 amide bonds. The third-order valence-electron chi connectivity index (χ3n) is 5.80. The Labute approximate surface area is 180 Å². The molecule has 0 aliphatic carbocycles. The number of para-hydroxylation sites is 1. The lowest BCUT2D eigenvalue weighted by atomic mass is 10.2. The van der Waals surface area contributed by atoms with Crippen molar-refractivity contribution in [3.05, 3.63) is 51.2 Å². The van der Waals surface area contributed by atoms with Gasteiger partial charge in [-0.05, 0) is 25.0 Å². The van der Waals surface area contributed by atoms with Gasteiger partial charge in [-0.3, -0.25) is 13.9 Å². The lowest BCUT2D eigenvalue weighted by molar-refractivity contribution is 0.0936. The maximum atomic E-state index is 13.0. The van der Waals surface area contributed by atoms with Gasteiger partial charge in [-0.2, -0.15) is 4.98 Å². The van der Waals surface area contributed by atoms with Crippen LogP contribution < -0.4 is 20.9 Å². The molecule has 31 heavy (non-hydrogen) atoms. The van der Waals surface area contributed by atoms with E-state index in [1.165, 1.54) is 11.6 Å². The Morgan fingerprint density at radius 3 is 2.39 bits per heavy atom. The summed E-state index contributed by atoms with van der Waals surface area (Å²) < 4.78 is 9.92. The SMILES string of the molecule is Cn1c(=O)c2c(nc(N3CCCCCC3)n2C[C@@H](O)COc2ccccc2)n(C)c1=O. The molecular formula is C22H29N5O4. The fourth-order valence-electron chi connectivity index (χ4n) is 4.09. The molecular weight excluding hydrogens is 398 g/mol. The maximum absolute atomic E-state index is 13.0. The van der Waals surface area contributed by atoms with Crippen molar-refractivity contribution in [2.45, 2.75) is 38.3 Å². The summed E-state index contributed by atoms with van der Waals surface area (Å²) >= 11 is 0. The van der Waals surface area contributed by atoms with Crippen molar-refractivity contribution in [3.8, 4) is 5.75 Å². The fraction of sp³-hybridized carbons (Fsp3) is 0.500. The predicted molar refractivity (Wildman–Crippen MR) is 119 cm³/mol. The number of aliphatic hydroxyl groups is 1. The Bertz CT molecular complexity index is 1160. The smallest absolute Gasteiger partial charge is 0.332 e. The van der Waals surface area contributed by atoms with Gasteiger partial charge in [0, 0.05) is 27.2 Å². The molecule has 0 unspecified atom stereocenters. The number of nitrogens with zero attached hydrogens (tertiary/aromatic N) is 5. The minimum atomic E-state index is -0.856. The number of rotatable bonds is 6. The summed E-state index contributed by atoms with van der Waals surface area (Å²) in [5, 5.41) is 10.7. The summed E-state index contributed by atoms with van der Waals surface area (Å²) in [5.74, 6) is 1.29. The van der Waals surface area contributed by atoms with Gasteiger partial charge in [0.1, 0.15) is 18.5 Å². The van der Waals surface area contributed by atoms with Crippen molar-refractivity contribution >= 4 is 17.1 Å². The van der Waals surface area contributed by atoms with E-state index in [4.69, 9.17) is 9.72 Å². The second kappa shape index (κ2) is 8.97. The summed E-state index contributed by atoms with van der Waals surface area (Å²) in [6.45, 7) is 1.88. The largest absolute Gasteiger partial charge is 0.491 e. The Morgan fingerprint density at radius 1 is 1.03 bits per heavy atom. The molecule has 0 saturated carbocycles. The second-order valence-corrected chi connectivity index (χ2v) is 8.08. The van der Waals surface area contributed by atoms with E-state index >= 15 is 0 Å². The number of imidazole rings is 1. The van der Waals surface area contributed by atoms with Gasteiger partial charge in [0.25, 0.3) is 5.56 Å². The van der Waals surface area contributed by atoms with E-state index in [0.29, 0.717) is 22.9 Å². The van der Waals surface area contributed by atoms with Crippen LogP contribution in [0.5, 0.6) is 5.75 Å². The first-order chi connectivity index (χ1) is 15.0. The van der Waals surface area contributed by atoms with Crippen LogP contribution in [0.25, 0.3) is 11.2 Å². The van der Waals surface area contributed by atoms with E-state index in [2.05, 4.69) is 4.90 Å². The van der Waals surface area contributed by atoms with Gasteiger partial charge in [-0.15, -0.1) is 0 Å². The van der Waals surface area contributed by atoms with Gasteiger partial charge in [-0.25, -0.2) is 4.79 Å². The first-order valence-electron chi connectivity index (χ1n) is 10.7. The predicted octanol–water partition coefficient (Wildman–Crippen LogP) is 1.25. The van der Waals surface area contributed by atoms with E-state index in [0.717, 1.165) is 43.3 Å². The first kappa shape index (κ1) is 21.2. The molecule has 3 aromatic rings. The van der Waals surface area contributed by atoms with Gasteiger partial charge in [0.15, 0.2) is 11.2 Å². The second-order valence-electron chi connectivity index (χ2n) is 8.08. The highest BCUT2D eigenvalue weighted by molar-refractivity contribution is 5.74. The lowest BCUT2D eigenvalue weighted by Crippen LogP contribution is -2.38. The molecule has 166 valence electrons. The zero-order valence-electron chi connectivity index (χ0n) is 18.0. The molecule has 1 aliphatic heterocycles. The lowest BCUT2D eigenvalue weighted by Gasteiger charge is -2.23. The van der Waals surface area contributed by atoms with Crippen LogP contribution in [0.3, 0.4) is 0 Å². The quantitative estimate of drug-likeness (QED) is 0.636. The molecule has 9 nitrogen and oxygen atoms in total. The molecule has 0 spiro atoms. The van der Waals surface area contributed by atoms with E-state index in [-0.39, 0.29) is 13.2 Å². The molecule has 0 bridgehead atoms. The summed E-state index contributed by atoms with van der Waals surface area (Å²) in [7, 11) is 3.07. The van der Waals surface area contributed by atoms with Crippen molar-refractivity contribution in [1.29, 1.82) is 0 Å². The van der Waals surface area contributed by atoms with Crippen molar-refractivity contribution < 1.29 is 9.84 Å². The summed E-state index contributed by atoms with van der Waals surface area (Å²) in [4.78, 5) is 32.3. The van der Waals surface area contributed by atoms with Crippen LogP contribution in [-0.2, 0) is 20.6 Å². The molecule has 1 saturated heterocycles. The van der Waals surface area contributed by atoms with Crippen LogP contribution in [0.1, 0.15) is 25.7 Å². The molecule has 1 N–H and O–H groups in total. The number of benzene rings is 1. The van der Waals surface area contributed by atoms with Crippen molar-refractivity contribution in [3.63, 3.8) is 0 Å². The highest BCUT2D eigenvalue weighted by Crippen LogP contribution is 2.23. The highest BCUT2D eigenvalue weighted by Gasteiger charge is 2.25. The summed E-state index contributed by atoms with van der Waals surface area (Å²) in [5.41, 5.74) is -0.175. The number of hydrogen-bond acceptors (Lipinski definition) is 6. The van der Waals surface area contributed by atoms with Crippen molar-refractivity contribution in [1.82, 2.24) is 18.7 Å². The molecule has 1 aromatic carbocycles. The van der Waals surface area contributed by atoms with Crippen LogP contribution in [0.4, 0.5) is 5.95 Å². The van der Waals surface area contributed by atoms with Crippen LogP contribution >= 0.6 is 0 Å². The minimum Gasteiger partial charge on any atom is -0.491 e. The van der Waals surface area contributed by atoms with Crippen molar-refractivity contribution in [2.24, 2.45) is 14.1 Å². The number of anilines is 1. The standard InChI is InChI=1S/C22H29N5O4/c1-24-19-18(20(29)25(2)22(24)30)27(21(23-19)26-12-8-3-4-9-13-26)14-16(28)15-31-17-10-6-5-7-11-17/h5-7,10-11,16,28H,3-4,8-9,12-15H2,1-2H3/t16-/m1/s1. The number of ether oxygens (including phenoxy) is 1. The monoisotopic (exact) mass is 427 g/mol. The van der Waals surface area contributed by atoms with Crippen LogP contribution in [0.15, 0.2) is 39.9 Å². The average Bonchev–Trinajstić information content (AvgIpc) is 2.96. The van der Waals surface area contributed by atoms with E-state index in [9.17, 15) is 14.7 Å². The molecule has 2 aromatic heterocycles. The zero-order valence-corrected chi connectivity index (χ0v) is 18.0. The van der Waals surface area contributed by atoms with Crippen LogP contribution in [0, 0.1) is 0 Å². The normalized spacial score (nSPS) is 15.8. The van der Waals surface area contributed by atoms with E-state index in [1.807, 2.05) is 30.3 Å². The van der Waals surface area contributed by atoms with Gasteiger partial charge < -0.3 is 19.3 Å². The fourth-order valence-corrected chi connectivity index (χ4v) is 4.09. The molecule has 4 rings (SSSR count). The molecule has 1 aliphatic rings. The molecule has 1 atom stereocenters. The number of fused-ring (bicyclic) bond motifs is 1. The average molecular weight is 428 g/mol. The zero-order chi connectivity index (χ0) is 22.0. The van der Waals surface area contributed by atoms with E-state index in [1.54, 1.807) is 11.6 Å². The molecule has 1 fully saturated rings. The molecule has 0 radical (unpaired) electrons. The Kier molecular flexibility index (Phi) is 6.13. The Morgan fingerprint density at radius 2 is 1.71 bits per heavy atom. The van der Waals surface area contributed by atoms with E-state index < -0.39 is 17.4 Å². The highest BCUT2D eigenvalue weighted by atomic mass is 16.5. The topological polar surface area (TPSA) is 94.5 Å². The third-order valence-corrected chi connectivity index (χ3v) is 5.80. The number of aryl methyl sites for hydroxylation is 1. The van der Waals surface area contributed by atoms with Crippen LogP contribution in [0.2, 0.25) is 0 Å². The van der Waals surface area contributed by atoms with Crippen LogP contribution in [-0.4, -0.2) is 49.6 Å². The molecule has 3 heterocycles. The number of aliphatic hydroxyl groups excluding tert-OH is 1. The first-order valence-corrected chi connectivity index (χ1v) is 10.7. The Balaban J connectivity index is 1.72. The number of hydrogen-bond donors (Lipinski definition) is 1. The number of aromatic nitrogens is 4. The third kappa shape index (κ3) is 4.23. The Hall–Kier alpha value is -3.07. The van der Waals surface area contributed by atoms with Gasteiger partial charge in [0.05, 0.1) is 6.54 Å². The molecule has 9 heteroatoms. The summed E-state index contributed by atoms with van der Waals surface area (Å²) in [6.07, 6.45) is 3.54.